The number of benzene rings is 1. The lowest BCUT2D eigenvalue weighted by molar-refractivity contribution is 0.0953. The van der Waals surface area contributed by atoms with Crippen LogP contribution >= 0.6 is 0 Å². The molecule has 0 aliphatic heterocycles. The molecule has 1 aliphatic carbocycles. The fourth-order valence-corrected chi connectivity index (χ4v) is 4.65. The Morgan fingerprint density at radius 2 is 1.86 bits per heavy atom. The largest absolute Gasteiger partial charge is 0.385 e. The first-order valence-electron chi connectivity index (χ1n) is 12.8. The van der Waals surface area contributed by atoms with Crippen molar-refractivity contribution < 1.29 is 4.79 Å². The minimum absolute atomic E-state index is 0.0625. The molecule has 192 valence electrons. The lowest BCUT2D eigenvalue weighted by Gasteiger charge is -2.27. The Labute approximate surface area is 212 Å². The first-order chi connectivity index (χ1) is 16.7. The molecule has 1 saturated carbocycles. The van der Waals surface area contributed by atoms with Crippen molar-refractivity contribution in [3.05, 3.63) is 59.2 Å². The number of carbonyl (C=O) groups is 1. The molecule has 1 aromatic heterocycles. The highest BCUT2D eigenvalue weighted by Crippen LogP contribution is 2.22. The van der Waals surface area contributed by atoms with Crippen molar-refractivity contribution in [2.45, 2.75) is 65.3 Å². The average Bonchev–Trinajstić information content (AvgIpc) is 3.16. The van der Waals surface area contributed by atoms with Crippen molar-refractivity contribution >= 4 is 23.7 Å². The number of nitrogens with one attached hydrogen (secondary N) is 2. The lowest BCUT2D eigenvalue weighted by atomic mass is 9.95. The molecule has 1 aliphatic rings. The Morgan fingerprint density at radius 3 is 2.37 bits per heavy atom. The molecule has 35 heavy (non-hydrogen) atoms. The highest BCUT2D eigenvalue weighted by Gasteiger charge is 2.15. The fourth-order valence-electron chi connectivity index (χ4n) is 4.65. The van der Waals surface area contributed by atoms with E-state index in [1.54, 1.807) is 12.2 Å². The molecule has 0 unspecified atom stereocenters. The van der Waals surface area contributed by atoms with Crippen LogP contribution in [0.2, 0.25) is 0 Å². The summed E-state index contributed by atoms with van der Waals surface area (Å²) in [5.74, 6) is 0.830. The van der Waals surface area contributed by atoms with Gasteiger partial charge in [0.1, 0.15) is 5.82 Å². The number of hydrogen-bond acceptors (Lipinski definition) is 4. The van der Waals surface area contributed by atoms with Crippen LogP contribution in [0.4, 0.5) is 5.69 Å². The molecule has 3 rings (SSSR count). The lowest BCUT2D eigenvalue weighted by Crippen LogP contribution is -2.29. The number of imidazole rings is 1. The molecule has 6 nitrogen and oxygen atoms in total. The number of aromatic nitrogens is 2. The summed E-state index contributed by atoms with van der Waals surface area (Å²) in [6, 6.07) is 4.88. The van der Waals surface area contributed by atoms with Gasteiger partial charge in [-0.25, -0.2) is 4.98 Å². The van der Waals surface area contributed by atoms with Crippen LogP contribution in [0.15, 0.2) is 25.3 Å². The fraction of sp³-hybridized carbons (Fsp3) is 0.517. The van der Waals surface area contributed by atoms with E-state index in [9.17, 15) is 4.79 Å². The number of carbonyl (C=O) groups excluding carboxylic acids is 1. The van der Waals surface area contributed by atoms with E-state index in [0.29, 0.717) is 18.5 Å². The van der Waals surface area contributed by atoms with Gasteiger partial charge in [0.2, 0.25) is 0 Å². The zero-order valence-corrected chi connectivity index (χ0v) is 22.7. The van der Waals surface area contributed by atoms with E-state index in [1.807, 2.05) is 38.5 Å². The van der Waals surface area contributed by atoms with Crippen LogP contribution in [-0.2, 0) is 13.5 Å². The molecule has 1 fully saturated rings. The van der Waals surface area contributed by atoms with Crippen LogP contribution in [0.1, 0.15) is 77.7 Å². The summed E-state index contributed by atoms with van der Waals surface area (Å²) >= 11 is 0. The summed E-state index contributed by atoms with van der Waals surface area (Å²) in [7, 11) is 6.33. The van der Waals surface area contributed by atoms with Crippen molar-refractivity contribution in [1.29, 1.82) is 0 Å². The molecule has 0 saturated heterocycles. The Balaban J connectivity index is 0.000000402. The second-order valence-corrected chi connectivity index (χ2v) is 9.54. The van der Waals surface area contributed by atoms with Crippen molar-refractivity contribution in [3.8, 4) is 0 Å². The summed E-state index contributed by atoms with van der Waals surface area (Å²) in [6.07, 6.45) is 11.3. The molecule has 1 heterocycles. The predicted octanol–water partition coefficient (Wildman–Crippen LogP) is 5.61. The zero-order chi connectivity index (χ0) is 26.0. The van der Waals surface area contributed by atoms with E-state index in [4.69, 9.17) is 0 Å². The molecule has 2 aromatic rings. The van der Waals surface area contributed by atoms with Gasteiger partial charge in [0.25, 0.3) is 5.91 Å². The predicted molar refractivity (Wildman–Crippen MR) is 150 cm³/mol. The monoisotopic (exact) mass is 479 g/mol. The van der Waals surface area contributed by atoms with Gasteiger partial charge >= 0.3 is 0 Å². The minimum Gasteiger partial charge on any atom is -0.385 e. The van der Waals surface area contributed by atoms with Crippen LogP contribution in [0.3, 0.4) is 0 Å². The van der Waals surface area contributed by atoms with Gasteiger partial charge in [-0.1, -0.05) is 32.4 Å². The summed E-state index contributed by atoms with van der Waals surface area (Å²) in [5.41, 5.74) is 5.49. The minimum atomic E-state index is -0.0625. The zero-order valence-electron chi connectivity index (χ0n) is 22.7. The molecule has 0 bridgehead atoms. The number of aryl methyl sites for hydroxylation is 1. The smallest absolute Gasteiger partial charge is 0.251 e. The third-order valence-corrected chi connectivity index (χ3v) is 6.75. The maximum absolute atomic E-state index is 12.6. The van der Waals surface area contributed by atoms with E-state index >= 15 is 0 Å². The first kappa shape index (κ1) is 28.4. The molecule has 0 atom stereocenters. The molecule has 0 radical (unpaired) electrons. The van der Waals surface area contributed by atoms with E-state index < -0.39 is 0 Å². The SMILES string of the molecule is C=Cc1nc(CCNC(=O)c2cc(C)cc(NCC)c2C)n(C)c1C=C.CN(C)C1CCCCC1. The highest BCUT2D eigenvalue weighted by atomic mass is 16.1. The highest BCUT2D eigenvalue weighted by molar-refractivity contribution is 5.97. The third kappa shape index (κ3) is 7.82. The number of rotatable bonds is 9. The van der Waals surface area contributed by atoms with Crippen molar-refractivity contribution in [1.82, 2.24) is 19.8 Å². The topological polar surface area (TPSA) is 62.2 Å². The van der Waals surface area contributed by atoms with Gasteiger partial charge in [-0.15, -0.1) is 0 Å². The Morgan fingerprint density at radius 1 is 1.17 bits per heavy atom. The van der Waals surface area contributed by atoms with Gasteiger partial charge < -0.3 is 20.1 Å². The van der Waals surface area contributed by atoms with Crippen LogP contribution < -0.4 is 10.6 Å². The molecule has 0 spiro atoms. The van der Waals surface area contributed by atoms with Crippen molar-refractivity contribution in [2.24, 2.45) is 7.05 Å². The number of amides is 1. The molecule has 1 aromatic carbocycles. The molecular weight excluding hydrogens is 434 g/mol. The van der Waals surface area contributed by atoms with Gasteiger partial charge in [0, 0.05) is 43.9 Å². The maximum Gasteiger partial charge on any atom is 0.251 e. The summed E-state index contributed by atoms with van der Waals surface area (Å²) in [6.45, 7) is 15.0. The van der Waals surface area contributed by atoms with Crippen LogP contribution in [0.5, 0.6) is 0 Å². The number of anilines is 1. The van der Waals surface area contributed by atoms with Gasteiger partial charge in [-0.2, -0.15) is 0 Å². The number of hydrogen-bond donors (Lipinski definition) is 2. The summed E-state index contributed by atoms with van der Waals surface area (Å²) in [5, 5.41) is 6.32. The summed E-state index contributed by atoms with van der Waals surface area (Å²) < 4.78 is 1.98. The molecule has 2 N–H and O–H groups in total. The molecular formula is C29H45N5O. The van der Waals surface area contributed by atoms with Crippen molar-refractivity contribution in [3.63, 3.8) is 0 Å². The molecule has 1 amide bonds. The van der Waals surface area contributed by atoms with Gasteiger partial charge in [0.05, 0.1) is 11.4 Å². The van der Waals surface area contributed by atoms with Crippen molar-refractivity contribution in [2.75, 3.05) is 32.5 Å². The Hall–Kier alpha value is -2.86. The first-order valence-corrected chi connectivity index (χ1v) is 12.8. The van der Waals surface area contributed by atoms with Gasteiger partial charge in [-0.3, -0.25) is 4.79 Å². The summed E-state index contributed by atoms with van der Waals surface area (Å²) in [4.78, 5) is 19.5. The van der Waals surface area contributed by atoms with Crippen LogP contribution in [0.25, 0.3) is 12.2 Å². The third-order valence-electron chi connectivity index (χ3n) is 6.75. The maximum atomic E-state index is 12.6. The average molecular weight is 480 g/mol. The second-order valence-electron chi connectivity index (χ2n) is 9.54. The second kappa shape index (κ2) is 13.9. The van der Waals surface area contributed by atoms with Gasteiger partial charge in [-0.05, 0) is 83.1 Å². The van der Waals surface area contributed by atoms with E-state index in [2.05, 4.69) is 53.8 Å². The quantitative estimate of drug-likeness (QED) is 0.491. The van der Waals surface area contributed by atoms with Crippen LogP contribution in [0, 0.1) is 13.8 Å². The normalized spacial score (nSPS) is 13.7. The van der Waals surface area contributed by atoms with Gasteiger partial charge in [0.15, 0.2) is 0 Å². The van der Waals surface area contributed by atoms with E-state index in [1.165, 1.54) is 32.1 Å². The standard InChI is InChI=1S/C21H28N4O.C8H17N/c1-7-17-19(8-2)25(6)20(24-17)10-11-23-21(26)16-12-14(4)13-18(15(16)5)22-9-3;1-9(2)8-6-4-3-5-7-8/h7-8,12-13,22H,1-2,9-11H2,3-6H3,(H,23,26);8H,3-7H2,1-2H3. The van der Waals surface area contributed by atoms with Crippen LogP contribution in [-0.4, -0.2) is 53.6 Å². The Kier molecular flexibility index (Phi) is 11.3. The number of nitrogens with zero attached hydrogens (tertiary/aromatic N) is 3. The molecule has 6 heteroatoms. The van der Waals surface area contributed by atoms with E-state index in [-0.39, 0.29) is 5.91 Å². The van der Waals surface area contributed by atoms with E-state index in [0.717, 1.165) is 46.6 Å². The Bertz CT molecular complexity index is 999.